The van der Waals surface area contributed by atoms with Crippen LogP contribution in [0.15, 0.2) is 24.4 Å². The van der Waals surface area contributed by atoms with E-state index in [9.17, 15) is 0 Å². The molecule has 0 aliphatic heterocycles. The average Bonchev–Trinajstić information content (AvgIpc) is 2.59. The lowest BCUT2D eigenvalue weighted by molar-refractivity contribution is 0.537. The number of rotatable bonds is 3. The monoisotopic (exact) mass is 217 g/mol. The third-order valence-corrected chi connectivity index (χ3v) is 2.68. The molecule has 0 fully saturated rings. The van der Waals surface area contributed by atoms with Gasteiger partial charge in [0.1, 0.15) is 0 Å². The summed E-state index contributed by atoms with van der Waals surface area (Å²) < 4.78 is 2.00. The molecule has 3 nitrogen and oxygen atoms in total. The van der Waals surface area contributed by atoms with Crippen molar-refractivity contribution in [2.75, 3.05) is 0 Å². The van der Waals surface area contributed by atoms with Crippen LogP contribution in [0.25, 0.3) is 10.9 Å². The van der Waals surface area contributed by atoms with E-state index in [2.05, 4.69) is 43.3 Å². The summed E-state index contributed by atoms with van der Waals surface area (Å²) in [4.78, 5) is 0. The normalized spacial score (nSPS) is 13.6. The van der Waals surface area contributed by atoms with Gasteiger partial charge in [-0.05, 0) is 38.8 Å². The molecule has 3 heteroatoms. The van der Waals surface area contributed by atoms with Crippen molar-refractivity contribution in [1.29, 1.82) is 0 Å². The largest absolute Gasteiger partial charge is 0.328 e. The summed E-state index contributed by atoms with van der Waals surface area (Å²) in [5.74, 6) is 0. The number of nitrogens with two attached hydrogens (primary N) is 1. The summed E-state index contributed by atoms with van der Waals surface area (Å²) in [6, 6.07) is 7.00. The molecule has 0 aliphatic carbocycles. The summed E-state index contributed by atoms with van der Waals surface area (Å²) in [7, 11) is 0. The van der Waals surface area contributed by atoms with Crippen molar-refractivity contribution in [1.82, 2.24) is 9.78 Å². The molecule has 0 spiro atoms. The minimum Gasteiger partial charge on any atom is -0.328 e. The molecular formula is C13H19N3. The standard InChI is InChI=1S/C13H19N3/c1-9(2)16-8-12-5-4-11(6-10(3)14)7-13(12)15-16/h4-5,7-10H,6,14H2,1-3H3. The summed E-state index contributed by atoms with van der Waals surface area (Å²) in [5.41, 5.74) is 8.12. The molecule has 2 aromatic rings. The molecule has 1 unspecified atom stereocenters. The van der Waals surface area contributed by atoms with E-state index in [0.717, 1.165) is 11.9 Å². The second-order valence-electron chi connectivity index (χ2n) is 4.78. The van der Waals surface area contributed by atoms with Gasteiger partial charge < -0.3 is 5.73 Å². The summed E-state index contributed by atoms with van der Waals surface area (Å²) in [6.07, 6.45) is 3.00. The third-order valence-electron chi connectivity index (χ3n) is 2.68. The molecule has 0 bridgehead atoms. The topological polar surface area (TPSA) is 43.8 Å². The van der Waals surface area contributed by atoms with Gasteiger partial charge in [0.25, 0.3) is 0 Å². The molecule has 16 heavy (non-hydrogen) atoms. The highest BCUT2D eigenvalue weighted by atomic mass is 15.3. The number of aromatic nitrogens is 2. The molecule has 0 aliphatic rings. The van der Waals surface area contributed by atoms with Gasteiger partial charge in [-0.25, -0.2) is 0 Å². The lowest BCUT2D eigenvalue weighted by Gasteiger charge is -2.04. The molecular weight excluding hydrogens is 198 g/mol. The Labute approximate surface area is 96.2 Å². The fraction of sp³-hybridized carbons (Fsp3) is 0.462. The lowest BCUT2D eigenvalue weighted by Crippen LogP contribution is -2.17. The maximum absolute atomic E-state index is 5.80. The summed E-state index contributed by atoms with van der Waals surface area (Å²) in [6.45, 7) is 6.29. The lowest BCUT2D eigenvalue weighted by atomic mass is 10.1. The Hall–Kier alpha value is -1.35. The van der Waals surface area contributed by atoms with Gasteiger partial charge in [0, 0.05) is 23.7 Å². The van der Waals surface area contributed by atoms with E-state index in [-0.39, 0.29) is 6.04 Å². The van der Waals surface area contributed by atoms with Gasteiger partial charge in [0.05, 0.1) is 5.52 Å². The van der Waals surface area contributed by atoms with Crippen molar-refractivity contribution in [3.05, 3.63) is 30.0 Å². The van der Waals surface area contributed by atoms with Gasteiger partial charge >= 0.3 is 0 Å². The molecule has 1 aromatic carbocycles. The van der Waals surface area contributed by atoms with Crippen molar-refractivity contribution in [2.24, 2.45) is 5.73 Å². The van der Waals surface area contributed by atoms with Crippen LogP contribution in [0.4, 0.5) is 0 Å². The van der Waals surface area contributed by atoms with Gasteiger partial charge in [0.2, 0.25) is 0 Å². The predicted molar refractivity (Wildman–Crippen MR) is 67.5 cm³/mol. The first-order valence-corrected chi connectivity index (χ1v) is 5.79. The van der Waals surface area contributed by atoms with Gasteiger partial charge in [-0.3, -0.25) is 4.68 Å². The highest BCUT2D eigenvalue weighted by Gasteiger charge is 2.05. The summed E-state index contributed by atoms with van der Waals surface area (Å²) >= 11 is 0. The Balaban J connectivity index is 2.38. The Morgan fingerprint density at radius 3 is 2.69 bits per heavy atom. The molecule has 0 saturated carbocycles. The highest BCUT2D eigenvalue weighted by molar-refractivity contribution is 5.78. The SMILES string of the molecule is CC(N)Cc1ccc2cn(C(C)C)nc2c1. The van der Waals surface area contributed by atoms with Crippen LogP contribution >= 0.6 is 0 Å². The smallest absolute Gasteiger partial charge is 0.0926 e. The van der Waals surface area contributed by atoms with Crippen LogP contribution in [0.3, 0.4) is 0 Å². The van der Waals surface area contributed by atoms with Gasteiger partial charge in [-0.2, -0.15) is 5.10 Å². The molecule has 0 radical (unpaired) electrons. The Morgan fingerprint density at radius 1 is 1.31 bits per heavy atom. The first-order chi connectivity index (χ1) is 7.56. The highest BCUT2D eigenvalue weighted by Crippen LogP contribution is 2.17. The van der Waals surface area contributed by atoms with Crippen LogP contribution in [0.2, 0.25) is 0 Å². The van der Waals surface area contributed by atoms with Crippen molar-refractivity contribution in [2.45, 2.75) is 39.3 Å². The predicted octanol–water partition coefficient (Wildman–Crippen LogP) is 2.51. The number of benzene rings is 1. The quantitative estimate of drug-likeness (QED) is 0.858. The van der Waals surface area contributed by atoms with Gasteiger partial charge in [-0.1, -0.05) is 12.1 Å². The van der Waals surface area contributed by atoms with Crippen LogP contribution in [0, 0.1) is 0 Å². The Bertz CT molecular complexity index is 483. The fourth-order valence-corrected chi connectivity index (χ4v) is 1.84. The minimum absolute atomic E-state index is 0.199. The summed E-state index contributed by atoms with van der Waals surface area (Å²) in [5, 5.41) is 5.75. The fourth-order valence-electron chi connectivity index (χ4n) is 1.84. The molecule has 0 amide bonds. The molecule has 2 N–H and O–H groups in total. The zero-order valence-electron chi connectivity index (χ0n) is 10.1. The van der Waals surface area contributed by atoms with E-state index in [1.807, 2.05) is 11.6 Å². The zero-order valence-corrected chi connectivity index (χ0v) is 10.1. The first-order valence-electron chi connectivity index (χ1n) is 5.79. The van der Waals surface area contributed by atoms with Crippen LogP contribution < -0.4 is 5.73 Å². The Kier molecular flexibility index (Phi) is 2.97. The number of hydrogen-bond acceptors (Lipinski definition) is 2. The van der Waals surface area contributed by atoms with E-state index in [1.165, 1.54) is 10.9 Å². The first kappa shape index (κ1) is 11.1. The number of hydrogen-bond donors (Lipinski definition) is 1. The van der Waals surface area contributed by atoms with Crippen LogP contribution in [-0.4, -0.2) is 15.8 Å². The molecule has 1 heterocycles. The maximum atomic E-state index is 5.80. The van der Waals surface area contributed by atoms with Crippen molar-refractivity contribution in [3.8, 4) is 0 Å². The molecule has 1 atom stereocenters. The minimum atomic E-state index is 0.199. The van der Waals surface area contributed by atoms with Crippen molar-refractivity contribution < 1.29 is 0 Å². The molecule has 1 aromatic heterocycles. The van der Waals surface area contributed by atoms with Crippen LogP contribution in [-0.2, 0) is 6.42 Å². The zero-order chi connectivity index (χ0) is 11.7. The average molecular weight is 217 g/mol. The van der Waals surface area contributed by atoms with E-state index >= 15 is 0 Å². The number of fused-ring (bicyclic) bond motifs is 1. The van der Waals surface area contributed by atoms with E-state index in [4.69, 9.17) is 5.73 Å². The van der Waals surface area contributed by atoms with Crippen molar-refractivity contribution in [3.63, 3.8) is 0 Å². The number of nitrogens with zero attached hydrogens (tertiary/aromatic N) is 2. The van der Waals surface area contributed by atoms with Gasteiger partial charge in [-0.15, -0.1) is 0 Å². The van der Waals surface area contributed by atoms with Crippen LogP contribution in [0.5, 0.6) is 0 Å². The Morgan fingerprint density at radius 2 is 2.06 bits per heavy atom. The van der Waals surface area contributed by atoms with Crippen LogP contribution in [0.1, 0.15) is 32.4 Å². The molecule has 86 valence electrons. The second kappa shape index (κ2) is 4.26. The van der Waals surface area contributed by atoms with Gasteiger partial charge in [0.15, 0.2) is 0 Å². The van der Waals surface area contributed by atoms with E-state index < -0.39 is 0 Å². The van der Waals surface area contributed by atoms with E-state index in [1.54, 1.807) is 0 Å². The van der Waals surface area contributed by atoms with E-state index in [0.29, 0.717) is 6.04 Å². The van der Waals surface area contributed by atoms with Crippen molar-refractivity contribution >= 4 is 10.9 Å². The second-order valence-corrected chi connectivity index (χ2v) is 4.78. The maximum Gasteiger partial charge on any atom is 0.0926 e. The molecule has 0 saturated heterocycles. The third kappa shape index (κ3) is 2.25. The molecule has 2 rings (SSSR count).